The molecule has 0 aliphatic carbocycles. The van der Waals surface area contributed by atoms with Crippen LogP contribution in [0.25, 0.3) is 0 Å². The Kier molecular flexibility index (Phi) is 5.30. The smallest absolute Gasteiger partial charge is 0.223 e. The fourth-order valence-corrected chi connectivity index (χ4v) is 1.79. The molecule has 0 fully saturated rings. The number of ether oxygens (including phenoxy) is 1. The Hall–Kier alpha value is -1.40. The van der Waals surface area contributed by atoms with Crippen LogP contribution in [0.2, 0.25) is 0 Å². The molecule has 1 heterocycles. The molecule has 3 N–H and O–H groups in total. The van der Waals surface area contributed by atoms with Crippen molar-refractivity contribution in [2.75, 3.05) is 13.7 Å². The number of aromatic nitrogens is 2. The van der Waals surface area contributed by atoms with Crippen LogP contribution in [0.4, 0.5) is 0 Å². The van der Waals surface area contributed by atoms with Gasteiger partial charge in [-0.25, -0.2) is 0 Å². The predicted molar refractivity (Wildman–Crippen MR) is 69.0 cm³/mol. The van der Waals surface area contributed by atoms with Crippen molar-refractivity contribution in [2.45, 2.75) is 32.4 Å². The molecule has 2 unspecified atom stereocenters. The third-order valence-electron chi connectivity index (χ3n) is 3.13. The standard InChI is InChI=1S/C12H22N4O2/c1-8(11-7-14-16(3)9(11)2)15-12(17)5-10(6-13)18-4/h7-8,10H,5-6,13H2,1-4H3,(H,15,17). The number of hydrogen-bond donors (Lipinski definition) is 2. The van der Waals surface area contributed by atoms with Gasteiger partial charge in [0.2, 0.25) is 5.91 Å². The van der Waals surface area contributed by atoms with E-state index in [9.17, 15) is 4.79 Å². The van der Waals surface area contributed by atoms with Crippen LogP contribution in [-0.2, 0) is 16.6 Å². The lowest BCUT2D eigenvalue weighted by atomic mass is 10.1. The first-order valence-corrected chi connectivity index (χ1v) is 6.00. The lowest BCUT2D eigenvalue weighted by molar-refractivity contribution is -0.124. The molecule has 6 heteroatoms. The van der Waals surface area contributed by atoms with Crippen LogP contribution >= 0.6 is 0 Å². The van der Waals surface area contributed by atoms with Crippen molar-refractivity contribution in [2.24, 2.45) is 12.8 Å². The molecule has 0 saturated carbocycles. The minimum absolute atomic E-state index is 0.0666. The van der Waals surface area contributed by atoms with Crippen LogP contribution in [0, 0.1) is 6.92 Å². The second-order valence-electron chi connectivity index (χ2n) is 4.40. The van der Waals surface area contributed by atoms with Gasteiger partial charge in [-0.2, -0.15) is 5.10 Å². The Morgan fingerprint density at radius 2 is 2.33 bits per heavy atom. The number of rotatable bonds is 6. The number of nitrogens with one attached hydrogen (secondary N) is 1. The Morgan fingerprint density at radius 1 is 1.67 bits per heavy atom. The highest BCUT2D eigenvalue weighted by molar-refractivity contribution is 5.77. The number of carbonyl (C=O) groups excluding carboxylic acids is 1. The lowest BCUT2D eigenvalue weighted by Crippen LogP contribution is -2.33. The highest BCUT2D eigenvalue weighted by atomic mass is 16.5. The zero-order chi connectivity index (χ0) is 13.7. The molecule has 0 spiro atoms. The second kappa shape index (κ2) is 6.51. The zero-order valence-electron chi connectivity index (χ0n) is 11.4. The lowest BCUT2D eigenvalue weighted by Gasteiger charge is -2.16. The molecular weight excluding hydrogens is 232 g/mol. The average Bonchev–Trinajstić information content (AvgIpc) is 2.67. The summed E-state index contributed by atoms with van der Waals surface area (Å²) in [5.41, 5.74) is 7.55. The molecule has 0 aliphatic rings. The summed E-state index contributed by atoms with van der Waals surface area (Å²) in [6.07, 6.45) is 1.82. The summed E-state index contributed by atoms with van der Waals surface area (Å²) in [6.45, 7) is 4.25. The van der Waals surface area contributed by atoms with E-state index in [1.54, 1.807) is 18.0 Å². The first-order chi connectivity index (χ1) is 8.49. The van der Waals surface area contributed by atoms with E-state index in [1.807, 2.05) is 20.9 Å². The molecule has 6 nitrogen and oxygen atoms in total. The summed E-state index contributed by atoms with van der Waals surface area (Å²) in [6, 6.07) is -0.0681. The van der Waals surface area contributed by atoms with Gasteiger partial charge in [0.1, 0.15) is 0 Å². The number of methoxy groups -OCH3 is 1. The molecule has 1 rings (SSSR count). The van der Waals surface area contributed by atoms with E-state index in [2.05, 4.69) is 10.4 Å². The maximum Gasteiger partial charge on any atom is 0.223 e. The Labute approximate surface area is 107 Å². The van der Waals surface area contributed by atoms with E-state index >= 15 is 0 Å². The molecule has 1 aromatic rings. The topological polar surface area (TPSA) is 82.2 Å². The summed E-state index contributed by atoms with van der Waals surface area (Å²) < 4.78 is 6.87. The largest absolute Gasteiger partial charge is 0.380 e. The van der Waals surface area contributed by atoms with E-state index in [4.69, 9.17) is 10.5 Å². The summed E-state index contributed by atoms with van der Waals surface area (Å²) in [5.74, 6) is -0.0666. The fraction of sp³-hybridized carbons (Fsp3) is 0.667. The first-order valence-electron chi connectivity index (χ1n) is 6.00. The van der Waals surface area contributed by atoms with Crippen molar-refractivity contribution in [3.63, 3.8) is 0 Å². The van der Waals surface area contributed by atoms with Crippen molar-refractivity contribution < 1.29 is 9.53 Å². The summed E-state index contributed by atoms with van der Waals surface area (Å²) >= 11 is 0. The van der Waals surface area contributed by atoms with Gasteiger partial charge in [0.15, 0.2) is 0 Å². The van der Waals surface area contributed by atoms with Crippen LogP contribution in [0.15, 0.2) is 6.20 Å². The van der Waals surface area contributed by atoms with Gasteiger partial charge in [-0.1, -0.05) is 0 Å². The van der Waals surface area contributed by atoms with Crippen molar-refractivity contribution in [1.29, 1.82) is 0 Å². The molecule has 0 bridgehead atoms. The monoisotopic (exact) mass is 254 g/mol. The van der Waals surface area contributed by atoms with Crippen molar-refractivity contribution >= 4 is 5.91 Å². The summed E-state index contributed by atoms with van der Waals surface area (Å²) in [5, 5.41) is 7.08. The SMILES string of the molecule is COC(CN)CC(=O)NC(C)c1cnn(C)c1C. The average molecular weight is 254 g/mol. The van der Waals surface area contributed by atoms with Gasteiger partial charge in [-0.15, -0.1) is 0 Å². The minimum atomic E-state index is -0.229. The molecule has 1 aromatic heterocycles. The van der Waals surface area contributed by atoms with Crippen LogP contribution in [-0.4, -0.2) is 35.4 Å². The zero-order valence-corrected chi connectivity index (χ0v) is 11.4. The highest BCUT2D eigenvalue weighted by Gasteiger charge is 2.17. The van der Waals surface area contributed by atoms with Crippen molar-refractivity contribution in [3.05, 3.63) is 17.5 Å². The van der Waals surface area contributed by atoms with Gasteiger partial charge in [-0.3, -0.25) is 9.48 Å². The summed E-state index contributed by atoms with van der Waals surface area (Å²) in [4.78, 5) is 11.8. The van der Waals surface area contributed by atoms with Gasteiger partial charge in [0.05, 0.1) is 24.8 Å². The van der Waals surface area contributed by atoms with Crippen LogP contribution in [0.5, 0.6) is 0 Å². The highest BCUT2D eigenvalue weighted by Crippen LogP contribution is 2.16. The van der Waals surface area contributed by atoms with E-state index < -0.39 is 0 Å². The Bertz CT molecular complexity index is 399. The molecule has 18 heavy (non-hydrogen) atoms. The van der Waals surface area contributed by atoms with Gasteiger partial charge in [0.25, 0.3) is 0 Å². The third-order valence-corrected chi connectivity index (χ3v) is 3.13. The molecule has 102 valence electrons. The number of nitrogens with two attached hydrogens (primary N) is 1. The quantitative estimate of drug-likeness (QED) is 0.763. The van der Waals surface area contributed by atoms with Gasteiger partial charge in [-0.05, 0) is 13.8 Å². The number of nitrogens with zero attached hydrogens (tertiary/aromatic N) is 2. The molecular formula is C12H22N4O2. The second-order valence-corrected chi connectivity index (χ2v) is 4.40. The molecule has 0 aliphatic heterocycles. The number of carbonyl (C=O) groups is 1. The molecule has 1 amide bonds. The number of hydrogen-bond acceptors (Lipinski definition) is 4. The minimum Gasteiger partial charge on any atom is -0.380 e. The van der Waals surface area contributed by atoms with E-state index in [-0.39, 0.29) is 24.5 Å². The van der Waals surface area contributed by atoms with Crippen LogP contribution in [0.1, 0.15) is 30.6 Å². The Morgan fingerprint density at radius 3 is 2.78 bits per heavy atom. The molecule has 2 atom stereocenters. The van der Waals surface area contributed by atoms with Gasteiger partial charge >= 0.3 is 0 Å². The van der Waals surface area contributed by atoms with E-state index in [0.717, 1.165) is 11.3 Å². The van der Waals surface area contributed by atoms with Crippen molar-refractivity contribution in [1.82, 2.24) is 15.1 Å². The van der Waals surface area contributed by atoms with Crippen LogP contribution in [0.3, 0.4) is 0 Å². The number of amides is 1. The van der Waals surface area contributed by atoms with Gasteiger partial charge in [0, 0.05) is 32.0 Å². The fourth-order valence-electron chi connectivity index (χ4n) is 1.79. The van der Waals surface area contributed by atoms with Gasteiger partial charge < -0.3 is 15.8 Å². The van der Waals surface area contributed by atoms with E-state index in [0.29, 0.717) is 6.54 Å². The third kappa shape index (κ3) is 3.54. The Balaban J connectivity index is 2.57. The summed E-state index contributed by atoms with van der Waals surface area (Å²) in [7, 11) is 3.43. The maximum absolute atomic E-state index is 11.8. The van der Waals surface area contributed by atoms with Crippen LogP contribution < -0.4 is 11.1 Å². The molecule has 0 saturated heterocycles. The molecule has 0 aromatic carbocycles. The normalized spacial score (nSPS) is 14.3. The van der Waals surface area contributed by atoms with Crippen molar-refractivity contribution in [3.8, 4) is 0 Å². The maximum atomic E-state index is 11.8. The first kappa shape index (κ1) is 14.7. The van der Waals surface area contributed by atoms with E-state index in [1.165, 1.54) is 0 Å². The predicted octanol–water partition coefficient (Wildman–Crippen LogP) is 0.270. The molecule has 0 radical (unpaired) electrons. The number of aryl methyl sites for hydroxylation is 1.